The highest BCUT2D eigenvalue weighted by atomic mass is 32.2. The number of aryl methyl sites for hydroxylation is 1. The van der Waals surface area contributed by atoms with Crippen LogP contribution in [0.15, 0.2) is 63.7 Å². The first-order chi connectivity index (χ1) is 16.1. The van der Waals surface area contributed by atoms with Crippen LogP contribution in [0, 0.1) is 0 Å². The predicted molar refractivity (Wildman–Crippen MR) is 126 cm³/mol. The van der Waals surface area contributed by atoms with Crippen molar-refractivity contribution in [3.05, 3.63) is 76.4 Å². The Morgan fingerprint density at radius 3 is 2.76 bits per heavy atom. The maximum absolute atomic E-state index is 12.3. The molecule has 0 unspecified atom stereocenters. The second-order valence-electron chi connectivity index (χ2n) is 7.14. The topological polar surface area (TPSA) is 129 Å². The van der Waals surface area contributed by atoms with Crippen LogP contribution in [0.25, 0.3) is 0 Å². The molecule has 3 N–H and O–H groups in total. The Morgan fingerprint density at radius 2 is 2.00 bits per heavy atom. The molecule has 3 heterocycles. The van der Waals surface area contributed by atoms with Crippen LogP contribution in [0.4, 0.5) is 5.69 Å². The number of nitrogens with two attached hydrogens (primary N) is 1. The Balaban J connectivity index is 1.38. The van der Waals surface area contributed by atoms with E-state index in [0.717, 1.165) is 22.1 Å². The summed E-state index contributed by atoms with van der Waals surface area (Å²) < 4.78 is 7.39. The molecule has 0 bridgehead atoms. The van der Waals surface area contributed by atoms with Crippen molar-refractivity contribution in [3.63, 3.8) is 0 Å². The number of primary amides is 1. The van der Waals surface area contributed by atoms with Gasteiger partial charge in [0.15, 0.2) is 5.16 Å². The zero-order chi connectivity index (χ0) is 23.0. The number of hydrogen-bond donors (Lipinski definition) is 2. The zero-order valence-electron chi connectivity index (χ0n) is 17.6. The molecule has 0 fully saturated rings. The van der Waals surface area contributed by atoms with Crippen molar-refractivity contribution in [2.45, 2.75) is 36.7 Å². The molecule has 4 rings (SSSR count). The minimum absolute atomic E-state index is 0.105. The van der Waals surface area contributed by atoms with E-state index in [2.05, 4.69) is 20.5 Å². The Morgan fingerprint density at radius 1 is 1.15 bits per heavy atom. The van der Waals surface area contributed by atoms with Gasteiger partial charge in [-0.2, -0.15) is 0 Å². The molecular weight excluding hydrogens is 460 g/mol. The van der Waals surface area contributed by atoms with Crippen LogP contribution >= 0.6 is 23.1 Å². The minimum atomic E-state index is -0.386. The number of amides is 2. The number of para-hydroxylation sites is 1. The number of aromatic nitrogens is 4. The molecule has 0 aliphatic rings. The van der Waals surface area contributed by atoms with Crippen LogP contribution in [0.3, 0.4) is 0 Å². The van der Waals surface area contributed by atoms with Gasteiger partial charge in [-0.1, -0.05) is 30.0 Å². The van der Waals surface area contributed by atoms with Crippen LogP contribution in [0.2, 0.25) is 0 Å². The molecule has 11 heteroatoms. The lowest BCUT2D eigenvalue weighted by Gasteiger charge is -2.08. The maximum atomic E-state index is 12.3. The molecule has 0 saturated heterocycles. The normalized spacial score (nSPS) is 10.9. The van der Waals surface area contributed by atoms with Crippen molar-refractivity contribution in [1.29, 1.82) is 0 Å². The zero-order valence-corrected chi connectivity index (χ0v) is 19.3. The molecule has 170 valence electrons. The number of hydrogen-bond acceptors (Lipinski definition) is 8. The Kier molecular flexibility index (Phi) is 7.53. The van der Waals surface area contributed by atoms with Crippen LogP contribution in [-0.4, -0.2) is 31.6 Å². The van der Waals surface area contributed by atoms with E-state index < -0.39 is 0 Å². The van der Waals surface area contributed by atoms with Gasteiger partial charge in [-0.3, -0.25) is 14.2 Å². The van der Waals surface area contributed by atoms with E-state index in [0.29, 0.717) is 29.7 Å². The van der Waals surface area contributed by atoms with Crippen molar-refractivity contribution in [3.8, 4) is 0 Å². The van der Waals surface area contributed by atoms with Crippen LogP contribution in [0.1, 0.15) is 28.7 Å². The molecule has 0 spiro atoms. The summed E-state index contributed by atoms with van der Waals surface area (Å²) in [5, 5.41) is 14.8. The molecule has 9 nitrogen and oxygen atoms in total. The number of benzene rings is 1. The molecule has 4 aromatic rings. The predicted octanol–water partition coefficient (Wildman–Crippen LogP) is 3.27. The highest BCUT2D eigenvalue weighted by molar-refractivity contribution is 7.98. The molecular formula is C22H22N6O3S2. The molecule has 3 aromatic heterocycles. The van der Waals surface area contributed by atoms with Crippen molar-refractivity contribution in [2.24, 2.45) is 5.73 Å². The molecule has 0 saturated carbocycles. The Labute approximate surface area is 198 Å². The van der Waals surface area contributed by atoms with Gasteiger partial charge in [-0.25, -0.2) is 4.98 Å². The summed E-state index contributed by atoms with van der Waals surface area (Å²) in [5.41, 5.74) is 6.91. The first-order valence-electron chi connectivity index (χ1n) is 10.2. The van der Waals surface area contributed by atoms with Crippen molar-refractivity contribution >= 4 is 40.6 Å². The van der Waals surface area contributed by atoms with E-state index in [1.807, 2.05) is 52.4 Å². The highest BCUT2D eigenvalue weighted by Crippen LogP contribution is 2.25. The fourth-order valence-corrected chi connectivity index (χ4v) is 4.81. The van der Waals surface area contributed by atoms with Crippen LogP contribution < -0.4 is 11.1 Å². The van der Waals surface area contributed by atoms with Gasteiger partial charge in [0.25, 0.3) is 0 Å². The molecule has 0 aliphatic carbocycles. The van der Waals surface area contributed by atoms with Crippen LogP contribution in [-0.2, 0) is 34.7 Å². The Hall–Kier alpha value is -3.44. The van der Waals surface area contributed by atoms with Gasteiger partial charge in [-0.05, 0) is 24.3 Å². The number of carbonyl (C=O) groups is 2. The summed E-state index contributed by atoms with van der Waals surface area (Å²) >= 11 is 2.94. The van der Waals surface area contributed by atoms with Crippen LogP contribution in [0.5, 0.6) is 0 Å². The number of thioether (sulfide) groups is 1. The fourth-order valence-electron chi connectivity index (χ4n) is 3.06. The standard InChI is InChI=1S/C22H22N6O3S2/c23-18(29)8-9-19-26-27-22(28(19)12-17-7-4-10-31-17)33-14-16-13-32-21(25-16)11-20(30)24-15-5-2-1-3-6-15/h1-7,10,13H,8-9,11-12,14H2,(H2,23,29)(H,24,30). The first kappa shape index (κ1) is 22.7. The third-order valence-corrected chi connectivity index (χ3v) is 6.50. The van der Waals surface area contributed by atoms with Crippen molar-refractivity contribution in [1.82, 2.24) is 19.7 Å². The average molecular weight is 483 g/mol. The maximum Gasteiger partial charge on any atom is 0.231 e. The summed E-state index contributed by atoms with van der Waals surface area (Å²) in [6.07, 6.45) is 2.43. The monoisotopic (exact) mass is 482 g/mol. The number of nitrogens with zero attached hydrogens (tertiary/aromatic N) is 4. The van der Waals surface area contributed by atoms with Gasteiger partial charge in [0.05, 0.1) is 24.9 Å². The van der Waals surface area contributed by atoms with E-state index in [1.165, 1.54) is 23.1 Å². The lowest BCUT2D eigenvalue weighted by molar-refractivity contribution is -0.118. The molecule has 0 atom stereocenters. The average Bonchev–Trinajstić information content (AvgIpc) is 3.54. The second kappa shape index (κ2) is 10.9. The summed E-state index contributed by atoms with van der Waals surface area (Å²) in [6, 6.07) is 13.0. The quantitative estimate of drug-likeness (QED) is 0.314. The Bertz CT molecular complexity index is 1200. The molecule has 0 radical (unpaired) electrons. The summed E-state index contributed by atoms with van der Waals surface area (Å²) in [7, 11) is 0. The van der Waals surface area contributed by atoms with Gasteiger partial charge in [0.2, 0.25) is 11.8 Å². The van der Waals surface area contributed by atoms with E-state index in [9.17, 15) is 9.59 Å². The third-order valence-electron chi connectivity index (χ3n) is 4.60. The molecule has 0 aliphatic heterocycles. The largest absolute Gasteiger partial charge is 0.467 e. The minimum Gasteiger partial charge on any atom is -0.467 e. The van der Waals surface area contributed by atoms with E-state index >= 15 is 0 Å². The van der Waals surface area contributed by atoms with E-state index in [-0.39, 0.29) is 24.7 Å². The first-order valence-corrected chi connectivity index (χ1v) is 12.1. The van der Waals surface area contributed by atoms with Gasteiger partial charge in [0, 0.05) is 29.7 Å². The number of nitrogens with one attached hydrogen (secondary N) is 1. The number of thiazole rings is 1. The molecule has 33 heavy (non-hydrogen) atoms. The number of anilines is 1. The summed E-state index contributed by atoms with van der Waals surface area (Å²) in [6.45, 7) is 0.457. The van der Waals surface area contributed by atoms with Crippen molar-refractivity contribution < 1.29 is 14.0 Å². The summed E-state index contributed by atoms with van der Waals surface area (Å²) in [4.78, 5) is 28.0. The SMILES string of the molecule is NC(=O)CCc1nnc(SCc2csc(CC(=O)Nc3ccccc3)n2)n1Cc1ccco1. The number of carbonyl (C=O) groups excluding carboxylic acids is 2. The van der Waals surface area contributed by atoms with Gasteiger partial charge in [0.1, 0.15) is 16.6 Å². The number of rotatable bonds is 11. The van der Waals surface area contributed by atoms with E-state index in [1.54, 1.807) is 6.26 Å². The summed E-state index contributed by atoms with van der Waals surface area (Å²) in [5.74, 6) is 1.51. The van der Waals surface area contributed by atoms with Gasteiger partial charge < -0.3 is 15.5 Å². The lowest BCUT2D eigenvalue weighted by atomic mass is 10.3. The van der Waals surface area contributed by atoms with Gasteiger partial charge in [-0.15, -0.1) is 21.5 Å². The van der Waals surface area contributed by atoms with E-state index in [4.69, 9.17) is 10.2 Å². The lowest BCUT2D eigenvalue weighted by Crippen LogP contribution is -2.14. The number of furan rings is 1. The smallest absolute Gasteiger partial charge is 0.231 e. The third kappa shape index (κ3) is 6.53. The second-order valence-corrected chi connectivity index (χ2v) is 9.03. The molecule has 1 aromatic carbocycles. The van der Waals surface area contributed by atoms with Crippen molar-refractivity contribution in [2.75, 3.05) is 5.32 Å². The fraction of sp³-hybridized carbons (Fsp3) is 0.227. The van der Waals surface area contributed by atoms with Gasteiger partial charge >= 0.3 is 0 Å². The highest BCUT2D eigenvalue weighted by Gasteiger charge is 2.16. The molecule has 2 amide bonds.